The zero-order chi connectivity index (χ0) is 12.5. The highest BCUT2D eigenvalue weighted by Crippen LogP contribution is 2.36. The van der Waals surface area contributed by atoms with Crippen molar-refractivity contribution >= 4 is 0 Å². The Bertz CT molecular complexity index is 260. The molecule has 2 nitrogen and oxygen atoms in total. The van der Waals surface area contributed by atoms with Crippen molar-refractivity contribution < 1.29 is 4.74 Å². The van der Waals surface area contributed by atoms with Crippen LogP contribution < -0.4 is 5.32 Å². The Morgan fingerprint density at radius 1 is 1.06 bits per heavy atom. The molecule has 2 fully saturated rings. The molecule has 1 aliphatic carbocycles. The molecule has 17 heavy (non-hydrogen) atoms. The van der Waals surface area contributed by atoms with Crippen molar-refractivity contribution in [2.75, 3.05) is 6.54 Å². The summed E-state index contributed by atoms with van der Waals surface area (Å²) >= 11 is 0. The Morgan fingerprint density at radius 3 is 2.41 bits per heavy atom. The van der Waals surface area contributed by atoms with Crippen molar-refractivity contribution in [3.05, 3.63) is 0 Å². The molecular weight excluding hydrogens is 210 g/mol. The van der Waals surface area contributed by atoms with Crippen LogP contribution >= 0.6 is 0 Å². The Hall–Kier alpha value is -0.0800. The highest BCUT2D eigenvalue weighted by molar-refractivity contribution is 4.90. The number of hydrogen-bond acceptors (Lipinski definition) is 2. The Labute approximate surface area is 107 Å². The summed E-state index contributed by atoms with van der Waals surface area (Å²) in [5.74, 6) is 0. The van der Waals surface area contributed by atoms with Gasteiger partial charge in [-0.1, -0.05) is 26.7 Å². The minimum atomic E-state index is 0.106. The van der Waals surface area contributed by atoms with E-state index in [1.807, 2.05) is 0 Å². The molecule has 1 aliphatic heterocycles. The lowest BCUT2D eigenvalue weighted by molar-refractivity contribution is -0.0176. The van der Waals surface area contributed by atoms with E-state index in [-0.39, 0.29) is 5.60 Å². The van der Waals surface area contributed by atoms with Gasteiger partial charge in [0.05, 0.1) is 11.7 Å². The Kier molecular flexibility index (Phi) is 3.84. The van der Waals surface area contributed by atoms with Gasteiger partial charge in [0, 0.05) is 12.6 Å². The maximum absolute atomic E-state index is 6.05. The quantitative estimate of drug-likeness (QED) is 0.814. The molecule has 0 aromatic carbocycles. The third kappa shape index (κ3) is 3.45. The second-order valence-electron chi connectivity index (χ2n) is 7.23. The van der Waals surface area contributed by atoms with E-state index in [0.29, 0.717) is 17.6 Å². The zero-order valence-corrected chi connectivity index (χ0v) is 12.0. The van der Waals surface area contributed by atoms with Gasteiger partial charge in [0.1, 0.15) is 0 Å². The number of hydrogen-bond donors (Lipinski definition) is 1. The lowest BCUT2D eigenvalue weighted by Crippen LogP contribution is -2.46. The van der Waals surface area contributed by atoms with E-state index in [4.69, 9.17) is 4.74 Å². The Morgan fingerprint density at radius 2 is 1.82 bits per heavy atom. The lowest BCUT2D eigenvalue weighted by atomic mass is 9.73. The van der Waals surface area contributed by atoms with Crippen LogP contribution in [0.3, 0.4) is 0 Å². The van der Waals surface area contributed by atoms with Crippen molar-refractivity contribution in [3.8, 4) is 0 Å². The predicted octanol–water partition coefficient (Wildman–Crippen LogP) is 3.50. The summed E-state index contributed by atoms with van der Waals surface area (Å²) in [6, 6.07) is 0.684. The van der Waals surface area contributed by atoms with E-state index in [0.717, 1.165) is 6.54 Å². The summed E-state index contributed by atoms with van der Waals surface area (Å²) in [7, 11) is 0. The van der Waals surface area contributed by atoms with E-state index in [1.54, 1.807) is 0 Å². The van der Waals surface area contributed by atoms with Gasteiger partial charge in [0.15, 0.2) is 0 Å². The fraction of sp³-hybridized carbons (Fsp3) is 1.00. The summed E-state index contributed by atoms with van der Waals surface area (Å²) in [4.78, 5) is 0. The molecule has 2 atom stereocenters. The molecule has 2 unspecified atom stereocenters. The summed E-state index contributed by atoms with van der Waals surface area (Å²) in [5, 5.41) is 3.77. The van der Waals surface area contributed by atoms with Crippen molar-refractivity contribution in [1.29, 1.82) is 0 Å². The van der Waals surface area contributed by atoms with Crippen molar-refractivity contribution in [2.24, 2.45) is 5.41 Å². The van der Waals surface area contributed by atoms with Crippen molar-refractivity contribution in [1.82, 2.24) is 5.32 Å². The minimum Gasteiger partial charge on any atom is -0.371 e. The summed E-state index contributed by atoms with van der Waals surface area (Å²) in [6.07, 6.45) is 8.34. The average molecular weight is 239 g/mol. The molecular formula is C15H29NO. The highest BCUT2D eigenvalue weighted by atomic mass is 16.5. The molecule has 1 heterocycles. The van der Waals surface area contributed by atoms with Gasteiger partial charge in [-0.25, -0.2) is 0 Å². The van der Waals surface area contributed by atoms with E-state index in [2.05, 4.69) is 33.0 Å². The van der Waals surface area contributed by atoms with E-state index < -0.39 is 0 Å². The summed E-state index contributed by atoms with van der Waals surface area (Å²) < 4.78 is 6.05. The van der Waals surface area contributed by atoms with Gasteiger partial charge in [0.2, 0.25) is 0 Å². The van der Waals surface area contributed by atoms with Crippen LogP contribution in [0.15, 0.2) is 0 Å². The molecule has 1 N–H and O–H groups in total. The number of rotatable bonds is 3. The predicted molar refractivity (Wildman–Crippen MR) is 72.2 cm³/mol. The van der Waals surface area contributed by atoms with Gasteiger partial charge in [0.25, 0.3) is 0 Å². The molecule has 1 saturated heterocycles. The standard InChI is InChI=1S/C15H29NO/c1-14(2)9-6-5-7-13(14)16-11-12-8-10-15(3,4)17-12/h12-13,16H,5-11H2,1-4H3. The van der Waals surface area contributed by atoms with Crippen LogP contribution in [-0.4, -0.2) is 24.3 Å². The van der Waals surface area contributed by atoms with Gasteiger partial charge in [-0.3, -0.25) is 0 Å². The molecule has 2 heteroatoms. The smallest absolute Gasteiger partial charge is 0.0707 e. The first-order valence-electron chi connectivity index (χ1n) is 7.30. The van der Waals surface area contributed by atoms with Crippen LogP contribution in [0.5, 0.6) is 0 Å². The van der Waals surface area contributed by atoms with E-state index in [9.17, 15) is 0 Å². The van der Waals surface area contributed by atoms with Crippen LogP contribution in [-0.2, 0) is 4.74 Å². The highest BCUT2D eigenvalue weighted by Gasteiger charge is 2.35. The van der Waals surface area contributed by atoms with E-state index >= 15 is 0 Å². The van der Waals surface area contributed by atoms with Gasteiger partial charge in [-0.05, 0) is 44.9 Å². The molecule has 0 bridgehead atoms. The van der Waals surface area contributed by atoms with Crippen LogP contribution in [0.25, 0.3) is 0 Å². The molecule has 1 saturated carbocycles. The largest absolute Gasteiger partial charge is 0.371 e. The van der Waals surface area contributed by atoms with Crippen LogP contribution in [0.1, 0.15) is 66.2 Å². The molecule has 100 valence electrons. The maximum atomic E-state index is 6.05. The fourth-order valence-corrected chi connectivity index (χ4v) is 3.37. The second kappa shape index (κ2) is 4.89. The monoisotopic (exact) mass is 239 g/mol. The summed E-state index contributed by atoms with van der Waals surface area (Å²) in [6.45, 7) is 10.3. The molecule has 0 spiro atoms. The van der Waals surface area contributed by atoms with Crippen molar-refractivity contribution in [2.45, 2.75) is 84.0 Å². The first-order valence-corrected chi connectivity index (χ1v) is 7.30. The second-order valence-corrected chi connectivity index (χ2v) is 7.23. The molecule has 0 aromatic heterocycles. The molecule has 0 amide bonds. The molecule has 2 rings (SSSR count). The minimum absolute atomic E-state index is 0.106. The normalized spacial score (nSPS) is 36.0. The average Bonchev–Trinajstić information content (AvgIpc) is 2.56. The van der Waals surface area contributed by atoms with Crippen LogP contribution in [0, 0.1) is 5.41 Å². The Balaban J connectivity index is 1.78. The SMILES string of the molecule is CC1(C)CCC(CNC2CCCCC2(C)C)O1. The van der Waals surface area contributed by atoms with Gasteiger partial charge < -0.3 is 10.1 Å². The molecule has 2 aliphatic rings. The zero-order valence-electron chi connectivity index (χ0n) is 12.0. The first-order chi connectivity index (χ1) is 7.89. The molecule has 0 aromatic rings. The number of ether oxygens (including phenoxy) is 1. The van der Waals surface area contributed by atoms with Crippen molar-refractivity contribution in [3.63, 3.8) is 0 Å². The molecule has 0 radical (unpaired) electrons. The van der Waals surface area contributed by atoms with Gasteiger partial charge >= 0.3 is 0 Å². The maximum Gasteiger partial charge on any atom is 0.0707 e. The first kappa shape index (κ1) is 13.4. The van der Waals surface area contributed by atoms with Gasteiger partial charge in [-0.2, -0.15) is 0 Å². The van der Waals surface area contributed by atoms with Gasteiger partial charge in [-0.15, -0.1) is 0 Å². The number of nitrogens with one attached hydrogen (secondary N) is 1. The fourth-order valence-electron chi connectivity index (χ4n) is 3.37. The third-order valence-corrected chi connectivity index (χ3v) is 4.65. The van der Waals surface area contributed by atoms with E-state index in [1.165, 1.54) is 38.5 Å². The lowest BCUT2D eigenvalue weighted by Gasteiger charge is -2.39. The van der Waals surface area contributed by atoms with Crippen LogP contribution in [0.2, 0.25) is 0 Å². The third-order valence-electron chi connectivity index (χ3n) is 4.65. The topological polar surface area (TPSA) is 21.3 Å². The summed E-state index contributed by atoms with van der Waals surface area (Å²) in [5.41, 5.74) is 0.570. The van der Waals surface area contributed by atoms with Crippen LogP contribution in [0.4, 0.5) is 0 Å².